The van der Waals surface area contributed by atoms with Gasteiger partial charge in [-0.1, -0.05) is 90.9 Å². The monoisotopic (exact) mass is 335 g/mol. The predicted molar refractivity (Wildman–Crippen MR) is 109 cm³/mol. The Morgan fingerprint density at radius 3 is 2.08 bits per heavy atom. The van der Waals surface area contributed by atoms with E-state index < -0.39 is 0 Å². The standard InChI is InChI=1S/C22H18BN3/c1-3-5-9-16(4-2)20-24-21(17-10-7-6-8-11-17)26-22(25-20)18-12-14-19(23)15-13-18/h3-15H,1H2,2H3/b9-5-,16-4+. The molecule has 0 unspecified atom stereocenters. The number of aromatic nitrogens is 3. The minimum Gasteiger partial charge on any atom is -0.208 e. The van der Waals surface area contributed by atoms with Gasteiger partial charge in [-0.05, 0) is 6.92 Å². The van der Waals surface area contributed by atoms with Crippen LogP contribution in [0.4, 0.5) is 0 Å². The van der Waals surface area contributed by atoms with Crippen LogP contribution in [0.1, 0.15) is 12.7 Å². The SMILES string of the molecule is [B]c1ccc(-c2nc(C(/C=C\C=C)=C/C)nc(-c3ccccc3)n2)cc1. The van der Waals surface area contributed by atoms with Crippen molar-refractivity contribution in [3.05, 3.63) is 91.3 Å². The van der Waals surface area contributed by atoms with Crippen LogP contribution in [0, 0.1) is 0 Å². The van der Waals surface area contributed by atoms with Gasteiger partial charge in [0.05, 0.1) is 0 Å². The Kier molecular flexibility index (Phi) is 5.54. The first-order valence-corrected chi connectivity index (χ1v) is 8.34. The number of rotatable bonds is 5. The number of hydrogen-bond acceptors (Lipinski definition) is 3. The van der Waals surface area contributed by atoms with Crippen molar-refractivity contribution in [1.82, 2.24) is 15.0 Å². The highest BCUT2D eigenvalue weighted by Gasteiger charge is 2.11. The number of nitrogens with zero attached hydrogens (tertiary/aromatic N) is 3. The summed E-state index contributed by atoms with van der Waals surface area (Å²) in [4.78, 5) is 14.0. The summed E-state index contributed by atoms with van der Waals surface area (Å²) in [6.07, 6.45) is 7.49. The third kappa shape index (κ3) is 4.04. The van der Waals surface area contributed by atoms with Crippen molar-refractivity contribution in [2.45, 2.75) is 6.92 Å². The molecule has 0 saturated carbocycles. The van der Waals surface area contributed by atoms with Crippen molar-refractivity contribution in [3.63, 3.8) is 0 Å². The quantitative estimate of drug-likeness (QED) is 0.519. The minimum absolute atomic E-state index is 0.611. The van der Waals surface area contributed by atoms with Gasteiger partial charge in [-0.25, -0.2) is 15.0 Å². The molecule has 124 valence electrons. The van der Waals surface area contributed by atoms with E-state index in [1.54, 1.807) is 6.08 Å². The largest absolute Gasteiger partial charge is 0.208 e. The molecule has 0 fully saturated rings. The summed E-state index contributed by atoms with van der Waals surface area (Å²) in [5.74, 6) is 1.86. The van der Waals surface area contributed by atoms with Gasteiger partial charge in [0, 0.05) is 16.7 Å². The van der Waals surface area contributed by atoms with Crippen LogP contribution in [-0.4, -0.2) is 22.8 Å². The lowest BCUT2D eigenvalue weighted by Crippen LogP contribution is -2.04. The lowest BCUT2D eigenvalue weighted by Gasteiger charge is -2.09. The van der Waals surface area contributed by atoms with Gasteiger partial charge in [0.15, 0.2) is 17.5 Å². The van der Waals surface area contributed by atoms with E-state index in [4.69, 9.17) is 7.85 Å². The molecule has 0 atom stereocenters. The Hall–Kier alpha value is -3.27. The summed E-state index contributed by atoms with van der Waals surface area (Å²) >= 11 is 0. The third-order valence-electron chi connectivity index (χ3n) is 3.82. The summed E-state index contributed by atoms with van der Waals surface area (Å²) in [6.45, 7) is 5.68. The molecule has 26 heavy (non-hydrogen) atoms. The van der Waals surface area contributed by atoms with Crippen molar-refractivity contribution < 1.29 is 0 Å². The molecule has 0 amide bonds. The van der Waals surface area contributed by atoms with Gasteiger partial charge < -0.3 is 0 Å². The topological polar surface area (TPSA) is 38.7 Å². The van der Waals surface area contributed by atoms with Gasteiger partial charge in [-0.2, -0.15) is 0 Å². The van der Waals surface area contributed by atoms with Crippen LogP contribution < -0.4 is 5.46 Å². The summed E-state index contributed by atoms with van der Waals surface area (Å²) in [7, 11) is 5.80. The molecule has 0 N–H and O–H groups in total. The summed E-state index contributed by atoms with van der Waals surface area (Å²) in [5, 5.41) is 0. The average Bonchev–Trinajstić information content (AvgIpc) is 2.69. The molecular weight excluding hydrogens is 317 g/mol. The van der Waals surface area contributed by atoms with Gasteiger partial charge in [0.1, 0.15) is 7.85 Å². The molecule has 0 aliphatic rings. The highest BCUT2D eigenvalue weighted by molar-refractivity contribution is 6.32. The van der Waals surface area contributed by atoms with Crippen molar-refractivity contribution >= 4 is 18.9 Å². The second kappa shape index (κ2) is 8.21. The zero-order chi connectivity index (χ0) is 18.4. The molecule has 0 spiro atoms. The van der Waals surface area contributed by atoms with E-state index in [2.05, 4.69) is 21.5 Å². The summed E-state index contributed by atoms with van der Waals surface area (Å²) < 4.78 is 0. The average molecular weight is 335 g/mol. The summed E-state index contributed by atoms with van der Waals surface area (Å²) in [5.41, 5.74) is 3.44. The maximum Gasteiger partial charge on any atom is 0.164 e. The smallest absolute Gasteiger partial charge is 0.164 e. The van der Waals surface area contributed by atoms with Crippen molar-refractivity contribution in [2.24, 2.45) is 0 Å². The van der Waals surface area contributed by atoms with Crippen LogP contribution in [0.2, 0.25) is 0 Å². The number of benzene rings is 2. The molecule has 0 saturated heterocycles. The third-order valence-corrected chi connectivity index (χ3v) is 3.82. The van der Waals surface area contributed by atoms with Crippen LogP contribution in [-0.2, 0) is 0 Å². The van der Waals surface area contributed by atoms with Crippen molar-refractivity contribution in [3.8, 4) is 22.8 Å². The molecule has 2 aromatic carbocycles. The van der Waals surface area contributed by atoms with E-state index in [1.165, 1.54) is 0 Å². The van der Waals surface area contributed by atoms with Gasteiger partial charge in [-0.15, -0.1) is 0 Å². The van der Waals surface area contributed by atoms with Gasteiger partial charge in [-0.3, -0.25) is 0 Å². The molecule has 1 aromatic heterocycles. The van der Waals surface area contributed by atoms with E-state index in [0.717, 1.165) is 16.7 Å². The highest BCUT2D eigenvalue weighted by Crippen LogP contribution is 2.22. The molecule has 4 heteroatoms. The number of hydrogen-bond donors (Lipinski definition) is 0. The zero-order valence-electron chi connectivity index (χ0n) is 14.6. The fraction of sp³-hybridized carbons (Fsp3) is 0.0455. The van der Waals surface area contributed by atoms with E-state index in [9.17, 15) is 0 Å². The molecular formula is C22H18BN3. The van der Waals surface area contributed by atoms with E-state index in [-0.39, 0.29) is 0 Å². The Labute approximate surface area is 155 Å². The lowest BCUT2D eigenvalue weighted by atomic mass is 9.95. The van der Waals surface area contributed by atoms with Crippen LogP contribution >= 0.6 is 0 Å². The maximum absolute atomic E-state index is 5.80. The first-order chi connectivity index (χ1) is 12.7. The fourth-order valence-corrected chi connectivity index (χ4v) is 2.45. The molecule has 0 aliphatic carbocycles. The van der Waals surface area contributed by atoms with Crippen LogP contribution in [0.15, 0.2) is 85.5 Å². The van der Waals surface area contributed by atoms with Crippen LogP contribution in [0.25, 0.3) is 28.3 Å². The van der Waals surface area contributed by atoms with Gasteiger partial charge in [0.2, 0.25) is 0 Å². The molecule has 3 rings (SSSR count). The normalized spacial score (nSPS) is 11.7. The van der Waals surface area contributed by atoms with Crippen molar-refractivity contribution in [2.75, 3.05) is 0 Å². The first kappa shape index (κ1) is 17.6. The van der Waals surface area contributed by atoms with Gasteiger partial charge in [0.25, 0.3) is 0 Å². The summed E-state index contributed by atoms with van der Waals surface area (Å²) in [6, 6.07) is 17.4. The number of allylic oxidation sites excluding steroid dienone is 5. The van der Waals surface area contributed by atoms with E-state index >= 15 is 0 Å². The van der Waals surface area contributed by atoms with Crippen molar-refractivity contribution in [1.29, 1.82) is 0 Å². The Balaban J connectivity index is 2.18. The fourth-order valence-electron chi connectivity index (χ4n) is 2.45. The second-order valence-electron chi connectivity index (χ2n) is 5.63. The first-order valence-electron chi connectivity index (χ1n) is 8.34. The molecule has 2 radical (unpaired) electrons. The minimum atomic E-state index is 0.611. The van der Waals surface area contributed by atoms with E-state index in [0.29, 0.717) is 22.9 Å². The van der Waals surface area contributed by atoms with Crippen LogP contribution in [0.3, 0.4) is 0 Å². The lowest BCUT2D eigenvalue weighted by molar-refractivity contribution is 1.04. The molecule has 1 heterocycles. The Morgan fingerprint density at radius 2 is 1.50 bits per heavy atom. The Morgan fingerprint density at radius 1 is 0.885 bits per heavy atom. The maximum atomic E-state index is 5.80. The van der Waals surface area contributed by atoms with Crippen LogP contribution in [0.5, 0.6) is 0 Å². The molecule has 0 aliphatic heterocycles. The molecule has 3 nitrogen and oxygen atoms in total. The zero-order valence-corrected chi connectivity index (χ0v) is 14.6. The van der Waals surface area contributed by atoms with Gasteiger partial charge >= 0.3 is 0 Å². The second-order valence-corrected chi connectivity index (χ2v) is 5.63. The Bertz CT molecular complexity index is 958. The predicted octanol–water partition coefficient (Wildman–Crippen LogP) is 4.14. The van der Waals surface area contributed by atoms with E-state index in [1.807, 2.05) is 79.7 Å². The molecule has 3 aromatic rings. The molecule has 0 bridgehead atoms. The highest BCUT2D eigenvalue weighted by atomic mass is 15.0.